The Labute approximate surface area is 92.4 Å². The summed E-state index contributed by atoms with van der Waals surface area (Å²) in [5.41, 5.74) is 10.5. The molecule has 2 amide bonds. The van der Waals surface area contributed by atoms with Gasteiger partial charge in [0.25, 0.3) is 0 Å². The second-order valence-electron chi connectivity index (χ2n) is 3.79. The summed E-state index contributed by atoms with van der Waals surface area (Å²) in [6, 6.07) is -1.47. The lowest BCUT2D eigenvalue weighted by molar-refractivity contribution is -0.129. The molecule has 5 N–H and O–H groups in total. The van der Waals surface area contributed by atoms with Crippen LogP contribution in [0.25, 0.3) is 0 Å². The van der Waals surface area contributed by atoms with Crippen LogP contribution in [-0.4, -0.2) is 46.4 Å². The van der Waals surface area contributed by atoms with Crippen LogP contribution in [-0.2, 0) is 9.59 Å². The molecular formula is C9H15N3O4. The second kappa shape index (κ2) is 4.93. The zero-order chi connectivity index (χ0) is 12.3. The number of nitrogens with zero attached hydrogens (tertiary/aromatic N) is 1. The highest BCUT2D eigenvalue weighted by atomic mass is 16.4. The molecule has 0 aliphatic carbocycles. The summed E-state index contributed by atoms with van der Waals surface area (Å²) in [5, 5.41) is 8.71. The van der Waals surface area contributed by atoms with E-state index in [1.807, 2.05) is 0 Å². The molecule has 1 unspecified atom stereocenters. The number of carbonyl (C=O) groups excluding carboxylic acids is 2. The minimum Gasteiger partial charge on any atom is -0.465 e. The van der Waals surface area contributed by atoms with E-state index >= 15 is 0 Å². The standard InChI is InChI=1S/C9H15N3O4/c10-5(1-2-7(11)13)8(14)6-3-4-12(6)9(15)16/h5-6H,1-4,10H2,(H2,11,13)(H,15,16)/t5-,6?/m0/s1. The van der Waals surface area contributed by atoms with Crippen LogP contribution in [0.4, 0.5) is 4.79 Å². The Bertz CT molecular complexity index is 318. The molecule has 16 heavy (non-hydrogen) atoms. The molecule has 0 aromatic heterocycles. The number of carboxylic acid groups (broad SMARTS) is 1. The number of carbonyl (C=O) groups is 3. The van der Waals surface area contributed by atoms with Crippen LogP contribution in [0.15, 0.2) is 0 Å². The second-order valence-corrected chi connectivity index (χ2v) is 3.79. The van der Waals surface area contributed by atoms with E-state index in [1.165, 1.54) is 0 Å². The molecule has 7 nitrogen and oxygen atoms in total. The van der Waals surface area contributed by atoms with Crippen molar-refractivity contribution < 1.29 is 19.5 Å². The smallest absolute Gasteiger partial charge is 0.407 e. The van der Waals surface area contributed by atoms with Gasteiger partial charge in [0.05, 0.1) is 12.1 Å². The van der Waals surface area contributed by atoms with Gasteiger partial charge in [0.2, 0.25) is 5.91 Å². The fourth-order valence-corrected chi connectivity index (χ4v) is 1.60. The first-order valence-electron chi connectivity index (χ1n) is 5.00. The van der Waals surface area contributed by atoms with Gasteiger partial charge in [-0.05, 0) is 12.8 Å². The monoisotopic (exact) mass is 229 g/mol. The number of amides is 2. The summed E-state index contributed by atoms with van der Waals surface area (Å²) in [6.07, 6.45) is -0.424. The Morgan fingerprint density at radius 1 is 1.44 bits per heavy atom. The molecule has 2 atom stereocenters. The molecule has 0 radical (unpaired) electrons. The minimum atomic E-state index is -1.12. The molecule has 0 aromatic carbocycles. The van der Waals surface area contributed by atoms with E-state index in [9.17, 15) is 14.4 Å². The lowest BCUT2D eigenvalue weighted by Crippen LogP contribution is -2.58. The number of hydrogen-bond donors (Lipinski definition) is 3. The average Bonchev–Trinajstić information content (AvgIpc) is 2.10. The van der Waals surface area contributed by atoms with E-state index in [0.29, 0.717) is 13.0 Å². The van der Waals surface area contributed by atoms with Crippen LogP contribution in [0.5, 0.6) is 0 Å². The molecule has 7 heteroatoms. The van der Waals surface area contributed by atoms with Crippen molar-refractivity contribution in [3.63, 3.8) is 0 Å². The van der Waals surface area contributed by atoms with Crippen molar-refractivity contribution >= 4 is 17.8 Å². The predicted molar refractivity (Wildman–Crippen MR) is 54.5 cm³/mol. The highest BCUT2D eigenvalue weighted by Crippen LogP contribution is 2.19. The number of primary amides is 1. The summed E-state index contributed by atoms with van der Waals surface area (Å²) in [5.74, 6) is -0.859. The van der Waals surface area contributed by atoms with Crippen molar-refractivity contribution in [2.24, 2.45) is 11.5 Å². The average molecular weight is 229 g/mol. The van der Waals surface area contributed by atoms with Gasteiger partial charge in [-0.25, -0.2) is 4.79 Å². The molecule has 0 saturated carbocycles. The van der Waals surface area contributed by atoms with Gasteiger partial charge in [-0.2, -0.15) is 0 Å². The Morgan fingerprint density at radius 3 is 2.44 bits per heavy atom. The molecule has 1 fully saturated rings. The maximum Gasteiger partial charge on any atom is 0.407 e. The summed E-state index contributed by atoms with van der Waals surface area (Å²) < 4.78 is 0. The Hall–Kier alpha value is -1.63. The first-order valence-corrected chi connectivity index (χ1v) is 5.00. The van der Waals surface area contributed by atoms with Crippen molar-refractivity contribution in [1.82, 2.24) is 4.90 Å². The van der Waals surface area contributed by atoms with E-state index in [0.717, 1.165) is 4.90 Å². The van der Waals surface area contributed by atoms with Crippen LogP contribution < -0.4 is 11.5 Å². The fourth-order valence-electron chi connectivity index (χ4n) is 1.60. The van der Waals surface area contributed by atoms with Crippen LogP contribution in [0.1, 0.15) is 19.3 Å². The topological polar surface area (TPSA) is 127 Å². The van der Waals surface area contributed by atoms with Gasteiger partial charge in [-0.1, -0.05) is 0 Å². The van der Waals surface area contributed by atoms with Gasteiger partial charge in [0.1, 0.15) is 0 Å². The third-order valence-corrected chi connectivity index (χ3v) is 2.66. The Kier molecular flexibility index (Phi) is 3.83. The van der Waals surface area contributed by atoms with Gasteiger partial charge in [0.15, 0.2) is 5.78 Å². The lowest BCUT2D eigenvalue weighted by Gasteiger charge is -2.38. The normalized spacial score (nSPS) is 21.1. The summed E-state index contributed by atoms with van der Waals surface area (Å²) >= 11 is 0. The van der Waals surface area contributed by atoms with E-state index in [2.05, 4.69) is 0 Å². The van der Waals surface area contributed by atoms with E-state index in [4.69, 9.17) is 16.6 Å². The van der Waals surface area contributed by atoms with Gasteiger partial charge < -0.3 is 16.6 Å². The number of likely N-dealkylation sites (tertiary alicyclic amines) is 1. The molecular weight excluding hydrogens is 214 g/mol. The summed E-state index contributed by atoms with van der Waals surface area (Å²) in [7, 11) is 0. The SMILES string of the molecule is NC(=O)CC[C@H](N)C(=O)C1CCN1C(=O)O. The molecule has 1 saturated heterocycles. The summed E-state index contributed by atoms with van der Waals surface area (Å²) in [6.45, 7) is 0.355. The quantitative estimate of drug-likeness (QED) is 0.551. The first-order chi connectivity index (χ1) is 7.43. The maximum atomic E-state index is 11.7. The van der Waals surface area contributed by atoms with Crippen molar-refractivity contribution in [3.05, 3.63) is 0 Å². The molecule has 0 aromatic rings. The number of Topliss-reactive ketones (excluding diaryl/α,β-unsaturated/α-hetero) is 1. The zero-order valence-corrected chi connectivity index (χ0v) is 8.76. The van der Waals surface area contributed by atoms with Gasteiger partial charge in [-0.3, -0.25) is 14.5 Å². The molecule has 1 aliphatic heterocycles. The van der Waals surface area contributed by atoms with Crippen molar-refractivity contribution in [2.45, 2.75) is 31.3 Å². The minimum absolute atomic E-state index is 0.0344. The van der Waals surface area contributed by atoms with Gasteiger partial charge in [0, 0.05) is 13.0 Å². The maximum absolute atomic E-state index is 11.7. The number of hydrogen-bond acceptors (Lipinski definition) is 4. The molecule has 1 rings (SSSR count). The van der Waals surface area contributed by atoms with Crippen molar-refractivity contribution in [2.75, 3.05) is 6.54 Å². The van der Waals surface area contributed by atoms with Crippen LogP contribution >= 0.6 is 0 Å². The van der Waals surface area contributed by atoms with E-state index in [-0.39, 0.29) is 18.6 Å². The molecule has 0 spiro atoms. The third-order valence-electron chi connectivity index (χ3n) is 2.66. The lowest BCUT2D eigenvalue weighted by atomic mass is 9.93. The number of nitrogens with two attached hydrogens (primary N) is 2. The molecule has 90 valence electrons. The van der Waals surface area contributed by atoms with Crippen LogP contribution in [0.2, 0.25) is 0 Å². The Morgan fingerprint density at radius 2 is 2.06 bits per heavy atom. The van der Waals surface area contributed by atoms with Gasteiger partial charge >= 0.3 is 6.09 Å². The number of ketones is 1. The molecule has 1 aliphatic rings. The molecule has 0 bridgehead atoms. The van der Waals surface area contributed by atoms with Crippen molar-refractivity contribution in [1.29, 1.82) is 0 Å². The zero-order valence-electron chi connectivity index (χ0n) is 8.76. The van der Waals surface area contributed by atoms with Crippen molar-refractivity contribution in [3.8, 4) is 0 Å². The van der Waals surface area contributed by atoms with E-state index < -0.39 is 24.1 Å². The van der Waals surface area contributed by atoms with E-state index in [1.54, 1.807) is 0 Å². The molecule has 1 heterocycles. The fraction of sp³-hybridized carbons (Fsp3) is 0.667. The van der Waals surface area contributed by atoms with Crippen LogP contribution in [0.3, 0.4) is 0 Å². The van der Waals surface area contributed by atoms with Gasteiger partial charge in [-0.15, -0.1) is 0 Å². The highest BCUT2D eigenvalue weighted by molar-refractivity contribution is 5.92. The predicted octanol–water partition coefficient (Wildman–Crippen LogP) is -1.10. The Balaban J connectivity index is 2.45. The largest absolute Gasteiger partial charge is 0.465 e. The van der Waals surface area contributed by atoms with Crippen LogP contribution in [0, 0.1) is 0 Å². The highest BCUT2D eigenvalue weighted by Gasteiger charge is 2.39. The first kappa shape index (κ1) is 12.4. The number of rotatable bonds is 5. The summed E-state index contributed by atoms with van der Waals surface area (Å²) in [4.78, 5) is 33.9. The third kappa shape index (κ3) is 2.69.